The molecule has 0 bridgehead atoms. The first kappa shape index (κ1) is 15.4. The number of hydrogen-bond donors (Lipinski definition) is 0. The topological polar surface area (TPSA) is 12.9 Å². The van der Waals surface area contributed by atoms with Gasteiger partial charge in [-0.15, -0.1) is 11.8 Å². The molecule has 0 aliphatic rings. The van der Waals surface area contributed by atoms with Crippen LogP contribution in [0, 0.1) is 5.82 Å². The molecule has 0 N–H and O–H groups in total. The fourth-order valence-electron chi connectivity index (χ4n) is 1.57. The molecule has 2 aromatic rings. The Bertz CT molecular complexity index is 631. The molecule has 0 spiro atoms. The Balaban J connectivity index is 2.80. The second kappa shape index (κ2) is 6.19. The van der Waals surface area contributed by atoms with E-state index >= 15 is 0 Å². The van der Waals surface area contributed by atoms with E-state index < -0.39 is 5.82 Å². The lowest BCUT2D eigenvalue weighted by molar-refractivity contribution is 0.631. The minimum atomic E-state index is -0.498. The van der Waals surface area contributed by atoms with Gasteiger partial charge >= 0.3 is 0 Å². The lowest BCUT2D eigenvalue weighted by Crippen LogP contribution is -1.94. The minimum absolute atomic E-state index is 0.115. The number of hydrogen-bond acceptors (Lipinski definition) is 2. The Labute approximate surface area is 137 Å². The number of thioether (sulfide) groups is 1. The smallest absolute Gasteiger partial charge is 0.139 e. The van der Waals surface area contributed by atoms with Gasteiger partial charge in [-0.3, -0.25) is 0 Å². The highest BCUT2D eigenvalue weighted by Gasteiger charge is 2.21. The summed E-state index contributed by atoms with van der Waals surface area (Å²) >= 11 is 23.1. The van der Waals surface area contributed by atoms with Crippen LogP contribution in [0.4, 0.5) is 4.39 Å². The van der Waals surface area contributed by atoms with Crippen LogP contribution in [0.3, 0.4) is 0 Å². The third-order valence-electron chi connectivity index (χ3n) is 2.41. The van der Waals surface area contributed by atoms with Crippen molar-refractivity contribution in [2.24, 2.45) is 0 Å². The normalized spacial score (nSPS) is 10.8. The van der Waals surface area contributed by atoms with Crippen molar-refractivity contribution in [3.8, 4) is 11.1 Å². The second-order valence-electron chi connectivity index (χ2n) is 3.51. The number of rotatable bonds is 2. The second-order valence-corrected chi connectivity index (χ2v) is 6.24. The molecule has 1 nitrogen and oxygen atoms in total. The van der Waals surface area contributed by atoms with Gasteiger partial charge in [-0.05, 0) is 34.3 Å². The predicted molar refractivity (Wildman–Crippen MR) is 84.1 cm³/mol. The largest absolute Gasteiger partial charge is 0.228 e. The first-order valence-corrected chi connectivity index (χ1v) is 8.15. The summed E-state index contributed by atoms with van der Waals surface area (Å²) in [5, 5.41) is 1.27. The predicted octanol–water partition coefficient (Wildman–Crippen LogP) is 6.33. The van der Waals surface area contributed by atoms with Crippen LogP contribution in [-0.2, 0) is 0 Å². The summed E-state index contributed by atoms with van der Waals surface area (Å²) in [6.07, 6.45) is 1.84. The summed E-state index contributed by atoms with van der Waals surface area (Å²) in [7, 11) is 0. The molecule has 0 aliphatic carbocycles. The quantitative estimate of drug-likeness (QED) is 0.431. The van der Waals surface area contributed by atoms with E-state index in [-0.39, 0.29) is 26.3 Å². The summed E-state index contributed by atoms with van der Waals surface area (Å²) in [5.74, 6) is -0.498. The van der Waals surface area contributed by atoms with Gasteiger partial charge in [0.25, 0.3) is 0 Å². The van der Waals surface area contributed by atoms with E-state index in [4.69, 9.17) is 34.8 Å². The van der Waals surface area contributed by atoms with Gasteiger partial charge in [-0.2, -0.15) is 0 Å². The first-order chi connectivity index (χ1) is 8.97. The molecule has 1 heterocycles. The molecular weight excluding hydrogens is 395 g/mol. The van der Waals surface area contributed by atoms with Crippen LogP contribution in [0.25, 0.3) is 11.1 Å². The molecule has 0 radical (unpaired) electrons. The van der Waals surface area contributed by atoms with Crippen LogP contribution >= 0.6 is 62.5 Å². The van der Waals surface area contributed by atoms with Gasteiger partial charge in [0.15, 0.2) is 0 Å². The van der Waals surface area contributed by atoms with E-state index in [9.17, 15) is 4.39 Å². The third-order valence-corrected chi connectivity index (χ3v) is 5.32. The Hall–Kier alpha value is -0.0000000000000000555. The molecule has 1 aromatic carbocycles. The van der Waals surface area contributed by atoms with Crippen molar-refractivity contribution in [1.29, 1.82) is 0 Å². The van der Waals surface area contributed by atoms with Crippen molar-refractivity contribution in [3.05, 3.63) is 43.7 Å². The van der Waals surface area contributed by atoms with E-state index in [1.165, 1.54) is 23.9 Å². The molecule has 1 aromatic heterocycles. The van der Waals surface area contributed by atoms with Crippen molar-refractivity contribution in [1.82, 2.24) is 4.98 Å². The number of benzene rings is 1. The molecule has 0 fully saturated rings. The molecule has 0 aliphatic heterocycles. The number of nitrogens with zero attached hydrogens (tertiary/aromatic N) is 1. The summed E-state index contributed by atoms with van der Waals surface area (Å²) in [6.45, 7) is 0. The number of pyridine rings is 1. The molecule has 2 rings (SSSR count). The monoisotopic (exact) mass is 399 g/mol. The van der Waals surface area contributed by atoms with Gasteiger partial charge < -0.3 is 0 Å². The Morgan fingerprint density at radius 2 is 1.89 bits per heavy atom. The van der Waals surface area contributed by atoms with Crippen LogP contribution in [0.1, 0.15) is 0 Å². The van der Waals surface area contributed by atoms with E-state index in [1.54, 1.807) is 6.07 Å². The van der Waals surface area contributed by atoms with Gasteiger partial charge in [-0.1, -0.05) is 40.9 Å². The van der Waals surface area contributed by atoms with Gasteiger partial charge in [0, 0.05) is 11.1 Å². The molecule has 0 amide bonds. The zero-order valence-electron chi connectivity index (χ0n) is 9.48. The molecule has 0 saturated carbocycles. The first-order valence-electron chi connectivity index (χ1n) is 5.00. The van der Waals surface area contributed by atoms with Crippen molar-refractivity contribution >= 4 is 62.5 Å². The Morgan fingerprint density at radius 3 is 2.47 bits per heavy atom. The highest BCUT2D eigenvalue weighted by Crippen LogP contribution is 2.44. The standard InChI is InChI=1S/C12H6BrCl3FNS/c1-19-12-9(13)10(15)8(11(16)18-12)7-5(14)3-2-4-6(7)17/h2-4H,1H3. The summed E-state index contributed by atoms with van der Waals surface area (Å²) in [4.78, 5) is 4.18. The average Bonchev–Trinajstić information content (AvgIpc) is 2.37. The van der Waals surface area contributed by atoms with Crippen LogP contribution in [0.5, 0.6) is 0 Å². The van der Waals surface area contributed by atoms with Crippen molar-refractivity contribution < 1.29 is 4.39 Å². The van der Waals surface area contributed by atoms with Gasteiger partial charge in [0.05, 0.1) is 14.5 Å². The molecular formula is C12H6BrCl3FNS. The average molecular weight is 402 g/mol. The maximum absolute atomic E-state index is 14.0. The van der Waals surface area contributed by atoms with Crippen molar-refractivity contribution in [3.63, 3.8) is 0 Å². The Morgan fingerprint density at radius 1 is 1.21 bits per heavy atom. The number of aromatic nitrogens is 1. The van der Waals surface area contributed by atoms with Gasteiger partial charge in [-0.25, -0.2) is 9.37 Å². The van der Waals surface area contributed by atoms with Crippen LogP contribution in [-0.4, -0.2) is 11.2 Å². The molecule has 0 saturated heterocycles. The summed E-state index contributed by atoms with van der Waals surface area (Å²) < 4.78 is 14.5. The lowest BCUT2D eigenvalue weighted by Gasteiger charge is -2.13. The van der Waals surface area contributed by atoms with Crippen LogP contribution in [0.15, 0.2) is 27.7 Å². The van der Waals surface area contributed by atoms with Gasteiger partial charge in [0.2, 0.25) is 0 Å². The zero-order valence-corrected chi connectivity index (χ0v) is 14.1. The highest BCUT2D eigenvalue weighted by atomic mass is 79.9. The fraction of sp³-hybridized carbons (Fsp3) is 0.0833. The zero-order chi connectivity index (χ0) is 14.2. The Kier molecular flexibility index (Phi) is 5.01. The van der Waals surface area contributed by atoms with Crippen molar-refractivity contribution in [2.45, 2.75) is 5.03 Å². The van der Waals surface area contributed by atoms with Crippen molar-refractivity contribution in [2.75, 3.05) is 6.26 Å². The minimum Gasteiger partial charge on any atom is -0.228 e. The molecule has 19 heavy (non-hydrogen) atoms. The van der Waals surface area contributed by atoms with Gasteiger partial charge in [0.1, 0.15) is 16.0 Å². The van der Waals surface area contributed by atoms with E-state index in [2.05, 4.69) is 20.9 Å². The third kappa shape index (κ3) is 2.88. The summed E-state index contributed by atoms with van der Waals surface area (Å²) in [5.41, 5.74) is 0.441. The highest BCUT2D eigenvalue weighted by molar-refractivity contribution is 9.10. The fourth-order valence-corrected chi connectivity index (χ4v) is 3.77. The van der Waals surface area contributed by atoms with E-state index in [0.717, 1.165) is 0 Å². The van der Waals surface area contributed by atoms with E-state index in [0.29, 0.717) is 9.50 Å². The molecule has 7 heteroatoms. The molecule has 100 valence electrons. The number of halogens is 5. The molecule has 0 unspecified atom stereocenters. The summed E-state index contributed by atoms with van der Waals surface area (Å²) in [6, 6.07) is 4.38. The van der Waals surface area contributed by atoms with E-state index in [1.807, 2.05) is 6.26 Å². The SMILES string of the molecule is CSc1nc(Cl)c(-c2c(F)cccc2Cl)c(Cl)c1Br. The van der Waals surface area contributed by atoms with Crippen LogP contribution in [0.2, 0.25) is 15.2 Å². The maximum Gasteiger partial charge on any atom is 0.139 e. The molecule has 0 atom stereocenters. The maximum atomic E-state index is 14.0. The van der Waals surface area contributed by atoms with Crippen LogP contribution < -0.4 is 0 Å². The lowest BCUT2D eigenvalue weighted by atomic mass is 10.1.